The molecule has 1 aliphatic rings. The van der Waals surface area contributed by atoms with Gasteiger partial charge in [-0.3, -0.25) is 9.59 Å². The number of imidazole rings is 1. The standard InChI is InChI=1S/C33H26FN5O3/c34-26-17-24-30-32(28(26)36-13-6-15-38-16-14-35-20-38)42-27-12-11-22-9-4-5-10-23(22)29(27)39(30)19-25(31(24)40)33(41)37-18-21-7-2-1-3-8-21/h1-5,7-12,14,16-17,19-20,36H,6,13,15,18H2,(H,37,41). The molecule has 8 nitrogen and oxygen atoms in total. The van der Waals surface area contributed by atoms with Crippen LogP contribution in [-0.4, -0.2) is 26.6 Å². The number of hydrogen-bond donors (Lipinski definition) is 2. The summed E-state index contributed by atoms with van der Waals surface area (Å²) in [7, 11) is 0. The molecule has 0 unspecified atom stereocenters. The first-order chi connectivity index (χ1) is 20.6. The molecule has 9 heteroatoms. The van der Waals surface area contributed by atoms with Crippen molar-refractivity contribution in [2.45, 2.75) is 19.5 Å². The lowest BCUT2D eigenvalue weighted by Crippen LogP contribution is -2.30. The van der Waals surface area contributed by atoms with Gasteiger partial charge in [-0.05, 0) is 29.5 Å². The number of aryl methyl sites for hydroxylation is 1. The van der Waals surface area contributed by atoms with Crippen molar-refractivity contribution in [3.05, 3.63) is 125 Å². The summed E-state index contributed by atoms with van der Waals surface area (Å²) in [6.45, 7) is 1.42. The van der Waals surface area contributed by atoms with E-state index in [-0.39, 0.29) is 28.9 Å². The van der Waals surface area contributed by atoms with Gasteiger partial charge in [-0.2, -0.15) is 0 Å². The molecule has 6 aromatic rings. The van der Waals surface area contributed by atoms with E-state index in [1.807, 2.05) is 77.5 Å². The molecular weight excluding hydrogens is 533 g/mol. The Morgan fingerprint density at radius 1 is 1.00 bits per heavy atom. The maximum absolute atomic E-state index is 15.7. The van der Waals surface area contributed by atoms with E-state index in [1.54, 1.807) is 23.3 Å². The smallest absolute Gasteiger partial charge is 0.257 e. The Labute approximate surface area is 240 Å². The molecule has 0 bridgehead atoms. The Balaban J connectivity index is 1.35. The van der Waals surface area contributed by atoms with Crippen LogP contribution in [0.4, 0.5) is 10.1 Å². The van der Waals surface area contributed by atoms with Gasteiger partial charge in [0.25, 0.3) is 5.91 Å². The van der Waals surface area contributed by atoms with Crippen LogP contribution >= 0.6 is 0 Å². The van der Waals surface area contributed by atoms with Crippen molar-refractivity contribution in [2.75, 3.05) is 11.9 Å². The molecule has 0 atom stereocenters. The molecule has 4 aromatic carbocycles. The highest BCUT2D eigenvalue weighted by Crippen LogP contribution is 2.47. The average Bonchev–Trinajstić information content (AvgIpc) is 3.54. The SMILES string of the molecule is O=C(NCc1ccccc1)c1cn2c3c(c(NCCCn4ccnc4)c(F)cc3c1=O)Oc1ccc3ccccc3c1-2. The van der Waals surface area contributed by atoms with E-state index in [4.69, 9.17) is 4.74 Å². The third-order valence-electron chi connectivity index (χ3n) is 7.51. The highest BCUT2D eigenvalue weighted by atomic mass is 19.1. The van der Waals surface area contributed by atoms with Gasteiger partial charge in [0.15, 0.2) is 17.3 Å². The van der Waals surface area contributed by atoms with Gasteiger partial charge in [0.1, 0.15) is 16.8 Å². The molecule has 1 aliphatic heterocycles. The van der Waals surface area contributed by atoms with Crippen molar-refractivity contribution in [1.82, 2.24) is 19.4 Å². The molecule has 0 radical (unpaired) electrons. The topological polar surface area (TPSA) is 90.2 Å². The molecule has 0 saturated heterocycles. The van der Waals surface area contributed by atoms with E-state index in [0.717, 1.165) is 16.3 Å². The van der Waals surface area contributed by atoms with Crippen LogP contribution in [0.3, 0.4) is 0 Å². The molecule has 42 heavy (non-hydrogen) atoms. The second-order valence-electron chi connectivity index (χ2n) is 10.2. The number of nitrogens with zero attached hydrogens (tertiary/aromatic N) is 3. The maximum Gasteiger partial charge on any atom is 0.257 e. The number of amides is 1. The fourth-order valence-electron chi connectivity index (χ4n) is 5.47. The van der Waals surface area contributed by atoms with Crippen molar-refractivity contribution in [1.29, 1.82) is 0 Å². The van der Waals surface area contributed by atoms with Gasteiger partial charge in [-0.1, -0.05) is 60.7 Å². The van der Waals surface area contributed by atoms with Crippen LogP contribution in [0.1, 0.15) is 22.3 Å². The first kappa shape index (κ1) is 25.5. The van der Waals surface area contributed by atoms with Crippen LogP contribution in [-0.2, 0) is 13.1 Å². The number of carbonyl (C=O) groups is 1. The van der Waals surface area contributed by atoms with Crippen LogP contribution in [0.2, 0.25) is 0 Å². The Bertz CT molecular complexity index is 2020. The highest BCUT2D eigenvalue weighted by Gasteiger charge is 2.29. The van der Waals surface area contributed by atoms with Gasteiger partial charge in [0.2, 0.25) is 5.43 Å². The molecule has 7 rings (SSSR count). The monoisotopic (exact) mass is 559 g/mol. The minimum atomic E-state index is -0.630. The number of fused-ring (bicyclic) bond motifs is 4. The fraction of sp³-hybridized carbons (Fsp3) is 0.121. The summed E-state index contributed by atoms with van der Waals surface area (Å²) in [5.74, 6) is -0.459. The largest absolute Gasteiger partial charge is 0.451 e. The number of nitrogens with one attached hydrogen (secondary N) is 2. The van der Waals surface area contributed by atoms with E-state index in [1.165, 1.54) is 6.07 Å². The lowest BCUT2D eigenvalue weighted by molar-refractivity contribution is 0.0949. The molecular formula is C33H26FN5O3. The number of halogens is 1. The van der Waals surface area contributed by atoms with E-state index in [9.17, 15) is 9.59 Å². The molecule has 0 fully saturated rings. The minimum absolute atomic E-state index is 0.0670. The number of anilines is 1. The van der Waals surface area contributed by atoms with E-state index in [2.05, 4.69) is 15.6 Å². The quantitative estimate of drug-likeness (QED) is 0.222. The van der Waals surface area contributed by atoms with Crippen LogP contribution in [0, 0.1) is 5.82 Å². The summed E-state index contributed by atoms with van der Waals surface area (Å²) in [5, 5.41) is 7.93. The van der Waals surface area contributed by atoms with E-state index >= 15 is 4.39 Å². The van der Waals surface area contributed by atoms with Gasteiger partial charge in [-0.15, -0.1) is 0 Å². The Morgan fingerprint density at radius 3 is 2.67 bits per heavy atom. The predicted molar refractivity (Wildman–Crippen MR) is 160 cm³/mol. The van der Waals surface area contributed by atoms with E-state index in [0.29, 0.717) is 36.5 Å². The molecule has 0 aliphatic carbocycles. The van der Waals surface area contributed by atoms with Gasteiger partial charge >= 0.3 is 0 Å². The molecule has 208 valence electrons. The van der Waals surface area contributed by atoms with Gasteiger partial charge < -0.3 is 24.5 Å². The van der Waals surface area contributed by atoms with Crippen LogP contribution in [0.25, 0.3) is 27.4 Å². The second-order valence-corrected chi connectivity index (χ2v) is 10.2. The summed E-state index contributed by atoms with van der Waals surface area (Å²) in [6.07, 6.45) is 7.57. The van der Waals surface area contributed by atoms with Crippen LogP contribution in [0.5, 0.6) is 11.5 Å². The lowest BCUT2D eigenvalue weighted by Gasteiger charge is -2.27. The maximum atomic E-state index is 15.7. The molecule has 0 saturated carbocycles. The van der Waals surface area contributed by atoms with Gasteiger partial charge in [-0.25, -0.2) is 9.37 Å². The third kappa shape index (κ3) is 4.45. The molecule has 2 aromatic heterocycles. The Hall–Kier alpha value is -5.44. The number of pyridine rings is 1. The average molecular weight is 560 g/mol. The number of carbonyl (C=O) groups excluding carboxylic acids is 1. The van der Waals surface area contributed by atoms with Crippen molar-refractivity contribution < 1.29 is 13.9 Å². The van der Waals surface area contributed by atoms with Crippen molar-refractivity contribution >= 4 is 33.3 Å². The Kier molecular flexibility index (Phi) is 6.39. The first-order valence-electron chi connectivity index (χ1n) is 13.7. The fourth-order valence-corrected chi connectivity index (χ4v) is 5.47. The summed E-state index contributed by atoms with van der Waals surface area (Å²) in [5.41, 5.74) is 1.51. The van der Waals surface area contributed by atoms with Gasteiger partial charge in [0.05, 0.1) is 17.4 Å². The summed E-state index contributed by atoms with van der Waals surface area (Å²) >= 11 is 0. The molecule has 0 spiro atoms. The first-order valence-corrected chi connectivity index (χ1v) is 13.7. The molecule has 1 amide bonds. The summed E-state index contributed by atoms with van der Waals surface area (Å²) < 4.78 is 25.8. The van der Waals surface area contributed by atoms with Crippen molar-refractivity contribution in [2.24, 2.45) is 0 Å². The normalized spacial score (nSPS) is 11.7. The van der Waals surface area contributed by atoms with Crippen LogP contribution < -0.4 is 20.8 Å². The molecule has 2 N–H and O–H groups in total. The lowest BCUT2D eigenvalue weighted by atomic mass is 10.0. The van der Waals surface area contributed by atoms with E-state index < -0.39 is 17.2 Å². The predicted octanol–water partition coefficient (Wildman–Crippen LogP) is 6.02. The minimum Gasteiger partial charge on any atom is -0.451 e. The number of rotatable bonds is 8. The van der Waals surface area contributed by atoms with Gasteiger partial charge in [0, 0.05) is 43.6 Å². The summed E-state index contributed by atoms with van der Waals surface area (Å²) in [6, 6.07) is 22.2. The van der Waals surface area contributed by atoms with Crippen molar-refractivity contribution in [3.8, 4) is 17.2 Å². The number of benzene rings is 4. The zero-order valence-corrected chi connectivity index (χ0v) is 22.5. The number of hydrogen-bond acceptors (Lipinski definition) is 5. The second kappa shape index (κ2) is 10.5. The number of aromatic nitrogens is 3. The van der Waals surface area contributed by atoms with Crippen molar-refractivity contribution in [3.63, 3.8) is 0 Å². The highest BCUT2D eigenvalue weighted by molar-refractivity contribution is 6.04. The zero-order chi connectivity index (χ0) is 28.6. The zero-order valence-electron chi connectivity index (χ0n) is 22.5. The summed E-state index contributed by atoms with van der Waals surface area (Å²) in [4.78, 5) is 31.2. The molecule has 3 heterocycles. The number of ether oxygens (including phenoxy) is 1. The Morgan fingerprint density at radius 2 is 1.83 bits per heavy atom. The third-order valence-corrected chi connectivity index (χ3v) is 7.51. The van der Waals surface area contributed by atoms with Crippen LogP contribution in [0.15, 0.2) is 103 Å².